The van der Waals surface area contributed by atoms with E-state index in [0.717, 1.165) is 11.3 Å². The third kappa shape index (κ3) is 6.36. The molecule has 0 heterocycles. The van der Waals surface area contributed by atoms with Crippen LogP contribution < -0.4 is 5.32 Å². The van der Waals surface area contributed by atoms with E-state index in [9.17, 15) is 4.79 Å². The summed E-state index contributed by atoms with van der Waals surface area (Å²) in [5, 5.41) is 3.62. The molecule has 0 saturated carbocycles. The molecule has 114 valence electrons. The first-order valence-electron chi connectivity index (χ1n) is 6.42. The average Bonchev–Trinajstić information content (AvgIpc) is 2.36. The molecule has 1 N–H and O–H groups in total. The molecule has 1 rings (SSSR count). The Balaban J connectivity index is 2.94. The van der Waals surface area contributed by atoms with Gasteiger partial charge in [0.25, 0.3) is 0 Å². The van der Waals surface area contributed by atoms with Crippen molar-refractivity contribution in [1.29, 1.82) is 0 Å². The van der Waals surface area contributed by atoms with Gasteiger partial charge < -0.3 is 14.8 Å². The zero-order valence-corrected chi connectivity index (χ0v) is 13.5. The molecule has 0 saturated heterocycles. The number of carbonyl (C=O) groups excluding carboxylic acids is 1. The van der Waals surface area contributed by atoms with E-state index < -0.39 is 5.97 Å². The summed E-state index contributed by atoms with van der Waals surface area (Å²) in [6.07, 6.45) is 2.94. The Bertz CT molecular complexity index is 559. The summed E-state index contributed by atoms with van der Waals surface area (Å²) in [6.45, 7) is 9.62. The number of rotatable bonds is 5. The molecule has 5 heteroatoms. The van der Waals surface area contributed by atoms with E-state index >= 15 is 0 Å². The van der Waals surface area contributed by atoms with Crippen molar-refractivity contribution in [2.45, 2.75) is 26.4 Å². The zero-order chi connectivity index (χ0) is 16.0. The molecule has 0 spiro atoms. The van der Waals surface area contributed by atoms with Crippen LogP contribution in [0.25, 0.3) is 6.08 Å². The molecule has 0 aliphatic rings. The van der Waals surface area contributed by atoms with Crippen LogP contribution in [0.5, 0.6) is 0 Å². The van der Waals surface area contributed by atoms with Crippen molar-refractivity contribution in [3.05, 3.63) is 47.3 Å². The maximum absolute atomic E-state index is 11.2. The number of anilines is 1. The van der Waals surface area contributed by atoms with Gasteiger partial charge in [-0.3, -0.25) is 0 Å². The fourth-order valence-corrected chi connectivity index (χ4v) is 1.74. The molecule has 0 fully saturated rings. The summed E-state index contributed by atoms with van der Waals surface area (Å²) >= 11 is 5.98. The highest BCUT2D eigenvalue weighted by Crippen LogP contribution is 2.24. The van der Waals surface area contributed by atoms with Gasteiger partial charge in [0.2, 0.25) is 0 Å². The van der Waals surface area contributed by atoms with E-state index in [2.05, 4.69) is 16.6 Å². The highest BCUT2D eigenvalue weighted by Gasteiger charge is 2.13. The van der Waals surface area contributed by atoms with Crippen molar-refractivity contribution >= 4 is 29.3 Å². The van der Waals surface area contributed by atoms with Gasteiger partial charge in [0.15, 0.2) is 5.88 Å². The number of methoxy groups -OCH3 is 1. The van der Waals surface area contributed by atoms with Gasteiger partial charge in [0.05, 0.1) is 7.11 Å². The summed E-state index contributed by atoms with van der Waals surface area (Å²) in [7, 11) is 1.32. The number of ether oxygens (including phenoxy) is 2. The fraction of sp³-hybridized carbons (Fsp3) is 0.312. The minimum absolute atomic E-state index is 0.349. The third-order valence-electron chi connectivity index (χ3n) is 2.32. The van der Waals surface area contributed by atoms with Gasteiger partial charge in [-0.15, -0.1) is 0 Å². The summed E-state index contributed by atoms with van der Waals surface area (Å²) in [5.74, 6) is -0.0248. The van der Waals surface area contributed by atoms with E-state index in [-0.39, 0.29) is 5.60 Å². The molecule has 1 aromatic rings. The van der Waals surface area contributed by atoms with Gasteiger partial charge >= 0.3 is 5.97 Å². The number of nitrogens with one attached hydrogen (secondary N) is 1. The van der Waals surface area contributed by atoms with Crippen LogP contribution in [0.2, 0.25) is 5.02 Å². The Hall–Kier alpha value is -1.94. The van der Waals surface area contributed by atoms with Crippen molar-refractivity contribution in [3.8, 4) is 0 Å². The van der Waals surface area contributed by atoms with Crippen LogP contribution in [0.15, 0.2) is 36.7 Å². The lowest BCUT2D eigenvalue weighted by atomic mass is 10.1. The van der Waals surface area contributed by atoms with Crippen LogP contribution in [-0.2, 0) is 14.3 Å². The van der Waals surface area contributed by atoms with Crippen molar-refractivity contribution in [3.63, 3.8) is 0 Å². The van der Waals surface area contributed by atoms with Gasteiger partial charge in [-0.25, -0.2) is 4.79 Å². The van der Waals surface area contributed by atoms with Crippen LogP contribution in [0.1, 0.15) is 26.3 Å². The second kappa shape index (κ2) is 7.18. The number of esters is 1. The maximum atomic E-state index is 11.2. The van der Waals surface area contributed by atoms with E-state index in [1.165, 1.54) is 13.2 Å². The van der Waals surface area contributed by atoms with Crippen molar-refractivity contribution in [1.82, 2.24) is 0 Å². The first-order chi connectivity index (χ1) is 9.71. The Labute approximate surface area is 130 Å². The van der Waals surface area contributed by atoms with Crippen LogP contribution in [0.4, 0.5) is 5.69 Å². The van der Waals surface area contributed by atoms with E-state index in [0.29, 0.717) is 10.9 Å². The van der Waals surface area contributed by atoms with E-state index in [1.807, 2.05) is 20.8 Å². The van der Waals surface area contributed by atoms with Gasteiger partial charge in [0, 0.05) is 16.8 Å². The number of benzene rings is 1. The Kier molecular flexibility index (Phi) is 5.85. The first kappa shape index (κ1) is 17.1. The first-order valence-corrected chi connectivity index (χ1v) is 6.79. The number of halogens is 1. The summed E-state index contributed by atoms with van der Waals surface area (Å²) < 4.78 is 10.2. The third-order valence-corrected chi connectivity index (χ3v) is 2.55. The molecule has 0 amide bonds. The highest BCUT2D eigenvalue weighted by molar-refractivity contribution is 6.30. The molecular weight excluding hydrogens is 290 g/mol. The Morgan fingerprint density at radius 2 is 2.05 bits per heavy atom. The smallest absolute Gasteiger partial charge is 0.330 e. The van der Waals surface area contributed by atoms with Crippen molar-refractivity contribution in [2.75, 3.05) is 12.4 Å². The lowest BCUT2D eigenvalue weighted by molar-refractivity contribution is -0.134. The number of hydrogen-bond donors (Lipinski definition) is 1. The lowest BCUT2D eigenvalue weighted by Crippen LogP contribution is -2.21. The predicted molar refractivity (Wildman–Crippen MR) is 86.1 cm³/mol. The fourth-order valence-electron chi connectivity index (χ4n) is 1.56. The molecule has 21 heavy (non-hydrogen) atoms. The second-order valence-electron chi connectivity index (χ2n) is 5.35. The molecule has 0 atom stereocenters. The highest BCUT2D eigenvalue weighted by atomic mass is 35.5. The maximum Gasteiger partial charge on any atom is 0.330 e. The van der Waals surface area contributed by atoms with Crippen LogP contribution in [-0.4, -0.2) is 18.7 Å². The molecular formula is C16H20ClNO3. The number of hydrogen-bond acceptors (Lipinski definition) is 4. The van der Waals surface area contributed by atoms with E-state index in [1.54, 1.807) is 24.3 Å². The molecule has 0 aliphatic carbocycles. The van der Waals surface area contributed by atoms with Gasteiger partial charge in [-0.05, 0) is 57.2 Å². The van der Waals surface area contributed by atoms with Gasteiger partial charge in [-0.2, -0.15) is 0 Å². The quantitative estimate of drug-likeness (QED) is 0.502. The Morgan fingerprint density at radius 1 is 1.38 bits per heavy atom. The predicted octanol–water partition coefficient (Wildman–Crippen LogP) is 4.22. The topological polar surface area (TPSA) is 47.6 Å². The van der Waals surface area contributed by atoms with Gasteiger partial charge in [0.1, 0.15) is 5.60 Å². The van der Waals surface area contributed by atoms with Crippen LogP contribution in [0.3, 0.4) is 0 Å². The van der Waals surface area contributed by atoms with Crippen molar-refractivity contribution < 1.29 is 14.3 Å². The zero-order valence-electron chi connectivity index (χ0n) is 12.7. The number of carbonyl (C=O) groups is 1. The standard InChI is InChI=1S/C16H20ClNO3/c1-11(21-16(2,3)4)18-14-8-7-13(17)10-12(14)6-9-15(19)20-5/h6-10,18H,1H2,2-5H3/b9-6+. The van der Waals surface area contributed by atoms with Crippen LogP contribution in [0, 0.1) is 0 Å². The van der Waals surface area contributed by atoms with E-state index in [4.69, 9.17) is 16.3 Å². The minimum atomic E-state index is -0.439. The minimum Gasteiger partial charge on any atom is -0.474 e. The second-order valence-corrected chi connectivity index (χ2v) is 5.79. The summed E-state index contributed by atoms with van der Waals surface area (Å²) in [6, 6.07) is 5.26. The normalized spacial score (nSPS) is 11.3. The molecule has 1 aromatic carbocycles. The summed E-state index contributed by atoms with van der Waals surface area (Å²) in [5.41, 5.74) is 1.11. The van der Waals surface area contributed by atoms with Gasteiger partial charge in [-0.1, -0.05) is 11.6 Å². The molecule has 0 unspecified atom stereocenters. The molecule has 0 aromatic heterocycles. The monoisotopic (exact) mass is 309 g/mol. The molecule has 0 radical (unpaired) electrons. The molecule has 4 nitrogen and oxygen atoms in total. The molecule has 0 bridgehead atoms. The lowest BCUT2D eigenvalue weighted by Gasteiger charge is -2.23. The Morgan fingerprint density at radius 3 is 2.62 bits per heavy atom. The van der Waals surface area contributed by atoms with Crippen LogP contribution >= 0.6 is 11.6 Å². The summed E-state index contributed by atoms with van der Waals surface area (Å²) in [4.78, 5) is 11.2. The van der Waals surface area contributed by atoms with Crippen molar-refractivity contribution in [2.24, 2.45) is 0 Å². The average molecular weight is 310 g/mol. The molecule has 0 aliphatic heterocycles. The SMILES string of the molecule is C=C(Nc1ccc(Cl)cc1/C=C/C(=O)OC)OC(C)(C)C. The largest absolute Gasteiger partial charge is 0.474 e.